The number of nitrogens with one attached hydrogen (secondary N) is 1. The van der Waals surface area contributed by atoms with Gasteiger partial charge in [0, 0.05) is 17.8 Å². The zero-order valence-corrected chi connectivity index (χ0v) is 22.0. The van der Waals surface area contributed by atoms with Gasteiger partial charge < -0.3 is 5.32 Å². The van der Waals surface area contributed by atoms with Gasteiger partial charge in [0.1, 0.15) is 18.4 Å². The minimum atomic E-state index is -0.775. The Hall–Kier alpha value is -4.40. The molecule has 0 fully saturated rings. The Morgan fingerprint density at radius 2 is 1.66 bits per heavy atom. The lowest BCUT2D eigenvalue weighted by Crippen LogP contribution is -2.51. The van der Waals surface area contributed by atoms with E-state index in [2.05, 4.69) is 20.7 Å². The SMILES string of the molecule is CCC(C(=O)NCc1ccc(F)cc1)N(C(=O)Cn1nnc(-c2ccc(C)cc2)n1)c1cc(C)ccc1C. The van der Waals surface area contributed by atoms with Crippen LogP contribution in [0.2, 0.25) is 0 Å². The van der Waals surface area contributed by atoms with Crippen LogP contribution in [0, 0.1) is 26.6 Å². The summed E-state index contributed by atoms with van der Waals surface area (Å²) in [7, 11) is 0. The molecule has 38 heavy (non-hydrogen) atoms. The van der Waals surface area contributed by atoms with Crippen LogP contribution in [0.5, 0.6) is 0 Å². The fourth-order valence-corrected chi connectivity index (χ4v) is 4.18. The Bertz CT molecular complexity index is 1420. The third kappa shape index (κ3) is 6.29. The maximum Gasteiger partial charge on any atom is 0.251 e. The maximum absolute atomic E-state index is 13.8. The highest BCUT2D eigenvalue weighted by Gasteiger charge is 2.31. The van der Waals surface area contributed by atoms with Crippen LogP contribution in [0.1, 0.15) is 35.6 Å². The Labute approximate surface area is 221 Å². The molecule has 196 valence electrons. The number of hydrogen-bond donors (Lipinski definition) is 1. The van der Waals surface area contributed by atoms with E-state index in [4.69, 9.17) is 0 Å². The minimum Gasteiger partial charge on any atom is -0.350 e. The number of benzene rings is 3. The van der Waals surface area contributed by atoms with Crippen molar-refractivity contribution in [3.63, 3.8) is 0 Å². The summed E-state index contributed by atoms with van der Waals surface area (Å²) in [5.41, 5.74) is 5.15. The Kier molecular flexibility index (Phi) is 8.25. The van der Waals surface area contributed by atoms with E-state index in [1.807, 2.05) is 70.2 Å². The van der Waals surface area contributed by atoms with Crippen molar-refractivity contribution in [2.75, 3.05) is 4.90 Å². The highest BCUT2D eigenvalue weighted by atomic mass is 19.1. The predicted molar refractivity (Wildman–Crippen MR) is 144 cm³/mol. The van der Waals surface area contributed by atoms with Gasteiger partial charge in [0.15, 0.2) is 0 Å². The van der Waals surface area contributed by atoms with E-state index >= 15 is 0 Å². The number of nitrogens with zero attached hydrogens (tertiary/aromatic N) is 5. The number of anilines is 1. The van der Waals surface area contributed by atoms with Crippen molar-refractivity contribution in [1.82, 2.24) is 25.5 Å². The van der Waals surface area contributed by atoms with Crippen molar-refractivity contribution in [2.24, 2.45) is 0 Å². The number of halogens is 1. The fourth-order valence-electron chi connectivity index (χ4n) is 4.18. The summed E-state index contributed by atoms with van der Waals surface area (Å²) in [6.07, 6.45) is 0.383. The van der Waals surface area contributed by atoms with Crippen LogP contribution < -0.4 is 10.2 Å². The Balaban J connectivity index is 1.59. The summed E-state index contributed by atoms with van der Waals surface area (Å²) < 4.78 is 13.3. The van der Waals surface area contributed by atoms with Crippen LogP contribution in [0.15, 0.2) is 66.7 Å². The second kappa shape index (κ2) is 11.8. The normalized spacial score (nSPS) is 11.7. The van der Waals surface area contributed by atoms with Crippen LogP contribution in [-0.2, 0) is 22.7 Å². The minimum absolute atomic E-state index is 0.187. The van der Waals surface area contributed by atoms with E-state index in [0.29, 0.717) is 17.9 Å². The molecule has 4 aromatic rings. The first kappa shape index (κ1) is 26.7. The smallest absolute Gasteiger partial charge is 0.251 e. The van der Waals surface area contributed by atoms with Gasteiger partial charge in [0.05, 0.1) is 0 Å². The van der Waals surface area contributed by atoms with Gasteiger partial charge in [-0.15, -0.1) is 10.2 Å². The third-order valence-corrected chi connectivity index (χ3v) is 6.31. The molecule has 0 spiro atoms. The van der Waals surface area contributed by atoms with Crippen LogP contribution in [-0.4, -0.2) is 38.1 Å². The van der Waals surface area contributed by atoms with E-state index in [9.17, 15) is 14.0 Å². The molecule has 0 aliphatic rings. The predicted octanol–water partition coefficient (Wildman–Crippen LogP) is 4.53. The second-order valence-corrected chi connectivity index (χ2v) is 9.33. The van der Waals surface area contributed by atoms with E-state index in [0.717, 1.165) is 27.8 Å². The van der Waals surface area contributed by atoms with Crippen molar-refractivity contribution < 1.29 is 14.0 Å². The van der Waals surface area contributed by atoms with Gasteiger partial charge in [0.2, 0.25) is 11.7 Å². The second-order valence-electron chi connectivity index (χ2n) is 9.33. The van der Waals surface area contributed by atoms with E-state index in [-0.39, 0.29) is 30.7 Å². The van der Waals surface area contributed by atoms with Crippen LogP contribution in [0.4, 0.5) is 10.1 Å². The number of aromatic nitrogens is 4. The van der Waals surface area contributed by atoms with Gasteiger partial charge in [-0.3, -0.25) is 14.5 Å². The first-order valence-corrected chi connectivity index (χ1v) is 12.5. The number of carbonyl (C=O) groups is 2. The van der Waals surface area contributed by atoms with Gasteiger partial charge in [-0.1, -0.05) is 61.0 Å². The summed E-state index contributed by atoms with van der Waals surface area (Å²) in [5.74, 6) is -0.570. The number of hydrogen-bond acceptors (Lipinski definition) is 5. The van der Waals surface area contributed by atoms with Gasteiger partial charge in [-0.05, 0) is 67.3 Å². The molecule has 0 saturated heterocycles. The lowest BCUT2D eigenvalue weighted by molar-refractivity contribution is -0.127. The van der Waals surface area contributed by atoms with Gasteiger partial charge in [0.25, 0.3) is 5.91 Å². The van der Waals surface area contributed by atoms with E-state index in [1.54, 1.807) is 12.1 Å². The maximum atomic E-state index is 13.8. The van der Waals surface area contributed by atoms with Crippen molar-refractivity contribution >= 4 is 17.5 Å². The third-order valence-electron chi connectivity index (χ3n) is 6.31. The van der Waals surface area contributed by atoms with Crippen molar-refractivity contribution in [3.05, 3.63) is 94.8 Å². The van der Waals surface area contributed by atoms with Crippen LogP contribution >= 0.6 is 0 Å². The molecule has 1 atom stereocenters. The molecule has 0 radical (unpaired) electrons. The standard InChI is InChI=1S/C29H31FN6O2/c1-5-25(29(38)31-17-22-10-14-24(30)15-11-22)36(26-16-20(3)6-9-21(26)4)27(37)18-35-33-28(32-34-35)23-12-7-19(2)8-13-23/h6-16,25H,5,17-18H2,1-4H3,(H,31,38). The summed E-state index contributed by atoms with van der Waals surface area (Å²) in [4.78, 5) is 29.9. The molecule has 2 amide bonds. The number of aryl methyl sites for hydroxylation is 3. The Morgan fingerprint density at radius 1 is 0.974 bits per heavy atom. The lowest BCUT2D eigenvalue weighted by Gasteiger charge is -2.31. The van der Waals surface area contributed by atoms with Crippen molar-refractivity contribution in [1.29, 1.82) is 0 Å². The Morgan fingerprint density at radius 3 is 2.34 bits per heavy atom. The van der Waals surface area contributed by atoms with Crippen LogP contribution in [0.3, 0.4) is 0 Å². The number of rotatable bonds is 9. The van der Waals surface area contributed by atoms with Crippen molar-refractivity contribution in [2.45, 2.75) is 53.2 Å². The fraction of sp³-hybridized carbons (Fsp3) is 0.276. The summed E-state index contributed by atoms with van der Waals surface area (Å²) in [6.45, 7) is 7.73. The summed E-state index contributed by atoms with van der Waals surface area (Å²) in [5, 5.41) is 15.5. The van der Waals surface area contributed by atoms with E-state index < -0.39 is 6.04 Å². The summed E-state index contributed by atoms with van der Waals surface area (Å²) >= 11 is 0. The molecule has 1 aromatic heterocycles. The molecule has 1 heterocycles. The van der Waals surface area contributed by atoms with Gasteiger partial charge in [-0.25, -0.2) is 4.39 Å². The molecule has 8 nitrogen and oxygen atoms in total. The highest BCUT2D eigenvalue weighted by Crippen LogP contribution is 2.26. The zero-order chi connectivity index (χ0) is 27.2. The molecule has 0 bridgehead atoms. The summed E-state index contributed by atoms with van der Waals surface area (Å²) in [6, 6.07) is 18.7. The van der Waals surface area contributed by atoms with Gasteiger partial charge in [-0.2, -0.15) is 4.80 Å². The first-order chi connectivity index (χ1) is 18.2. The largest absolute Gasteiger partial charge is 0.350 e. The first-order valence-electron chi connectivity index (χ1n) is 12.5. The lowest BCUT2D eigenvalue weighted by atomic mass is 10.1. The molecule has 0 aliphatic carbocycles. The molecule has 0 saturated carbocycles. The molecule has 9 heteroatoms. The topological polar surface area (TPSA) is 93.0 Å². The number of tetrazole rings is 1. The number of carbonyl (C=O) groups excluding carboxylic acids is 2. The molecule has 3 aromatic carbocycles. The molecular formula is C29H31FN6O2. The number of amides is 2. The molecule has 4 rings (SSSR count). The monoisotopic (exact) mass is 514 g/mol. The average molecular weight is 515 g/mol. The highest BCUT2D eigenvalue weighted by molar-refractivity contribution is 6.01. The molecular weight excluding hydrogens is 483 g/mol. The zero-order valence-electron chi connectivity index (χ0n) is 22.0. The van der Waals surface area contributed by atoms with Crippen molar-refractivity contribution in [3.8, 4) is 11.4 Å². The molecule has 1 N–H and O–H groups in total. The quantitative estimate of drug-likeness (QED) is 0.354. The molecule has 1 unspecified atom stereocenters. The average Bonchev–Trinajstić information content (AvgIpc) is 3.37. The van der Waals surface area contributed by atoms with E-state index in [1.165, 1.54) is 21.8 Å². The van der Waals surface area contributed by atoms with Gasteiger partial charge >= 0.3 is 0 Å². The molecule has 0 aliphatic heterocycles. The van der Waals surface area contributed by atoms with Crippen LogP contribution in [0.25, 0.3) is 11.4 Å².